The van der Waals surface area contributed by atoms with Crippen LogP contribution in [0.2, 0.25) is 0 Å². The van der Waals surface area contributed by atoms with Gasteiger partial charge in [-0.05, 0) is 32.4 Å². The molecule has 0 aliphatic carbocycles. The lowest BCUT2D eigenvalue weighted by Crippen LogP contribution is -2.14. The number of aryl methyl sites for hydroxylation is 2. The molecule has 0 amide bonds. The van der Waals surface area contributed by atoms with E-state index in [0.29, 0.717) is 28.0 Å². The van der Waals surface area contributed by atoms with Gasteiger partial charge in [0.1, 0.15) is 23.9 Å². The summed E-state index contributed by atoms with van der Waals surface area (Å²) in [4.78, 5) is 21.4. The highest BCUT2D eigenvalue weighted by Crippen LogP contribution is 2.36. The van der Waals surface area contributed by atoms with E-state index >= 15 is 0 Å². The molecule has 0 radical (unpaired) electrons. The Labute approximate surface area is 178 Å². The largest absolute Gasteiger partial charge is 0.424 e. The monoisotopic (exact) mass is 411 g/mol. The molecule has 2 N–H and O–H groups in total. The summed E-state index contributed by atoms with van der Waals surface area (Å²) in [6, 6.07) is 15.4. The molecule has 3 aromatic heterocycles. The third-order valence-electron chi connectivity index (χ3n) is 5.62. The zero-order valence-corrected chi connectivity index (χ0v) is 17.5. The molecule has 0 aliphatic heterocycles. The van der Waals surface area contributed by atoms with Crippen molar-refractivity contribution >= 4 is 27.6 Å². The van der Waals surface area contributed by atoms with Gasteiger partial charge in [0.25, 0.3) is 0 Å². The van der Waals surface area contributed by atoms with Crippen molar-refractivity contribution in [2.24, 2.45) is 0 Å². The van der Waals surface area contributed by atoms with Gasteiger partial charge in [0.2, 0.25) is 0 Å². The Morgan fingerprint density at radius 1 is 1.03 bits per heavy atom. The van der Waals surface area contributed by atoms with Crippen LogP contribution in [0.3, 0.4) is 0 Å². The van der Waals surface area contributed by atoms with E-state index in [0.717, 1.165) is 27.8 Å². The zero-order valence-electron chi connectivity index (χ0n) is 17.5. The predicted molar refractivity (Wildman–Crippen MR) is 121 cm³/mol. The summed E-state index contributed by atoms with van der Waals surface area (Å²) in [5.41, 5.74) is 9.84. The van der Waals surface area contributed by atoms with Gasteiger partial charge in [-0.1, -0.05) is 48.0 Å². The third kappa shape index (κ3) is 2.97. The van der Waals surface area contributed by atoms with Crippen LogP contribution in [0.4, 0.5) is 5.82 Å². The van der Waals surface area contributed by atoms with E-state index in [1.54, 1.807) is 4.68 Å². The number of nitrogens with two attached hydrogens (primary N) is 1. The van der Waals surface area contributed by atoms with Crippen LogP contribution >= 0.6 is 0 Å². The van der Waals surface area contributed by atoms with Gasteiger partial charge in [-0.15, -0.1) is 0 Å². The van der Waals surface area contributed by atoms with Crippen molar-refractivity contribution in [3.05, 3.63) is 82.3 Å². The fourth-order valence-electron chi connectivity index (χ4n) is 4.13. The average molecular weight is 411 g/mol. The van der Waals surface area contributed by atoms with Crippen LogP contribution in [-0.2, 0) is 0 Å². The number of rotatable bonds is 3. The number of nitrogen functional groups attached to an aromatic ring is 1. The van der Waals surface area contributed by atoms with Crippen LogP contribution in [0.15, 0.2) is 64.1 Å². The Hall–Kier alpha value is -4.00. The number of hydrogen-bond acceptors (Lipinski definition) is 6. The van der Waals surface area contributed by atoms with Gasteiger partial charge in [-0.25, -0.2) is 19.4 Å². The standard InChI is InChI=1S/C24H21N5O2/c1-13-9-10-17-18(11-13)24(30)31-21(20(17)16-7-5-4-6-8-16)15(3)29-23-19(14(2)28-29)22(25)26-12-27-23/h4-12,15H,1-3H3,(H2,25,26,27). The van der Waals surface area contributed by atoms with Crippen molar-refractivity contribution in [3.63, 3.8) is 0 Å². The molecule has 0 fully saturated rings. The number of anilines is 1. The molecule has 0 bridgehead atoms. The van der Waals surface area contributed by atoms with E-state index < -0.39 is 6.04 Å². The summed E-state index contributed by atoms with van der Waals surface area (Å²) in [6.45, 7) is 5.76. The first-order valence-corrected chi connectivity index (χ1v) is 10.0. The SMILES string of the molecule is Cc1ccc2c(-c3ccccc3)c(C(C)n3nc(C)c4c(N)ncnc43)oc(=O)c2c1. The van der Waals surface area contributed by atoms with Crippen molar-refractivity contribution in [3.8, 4) is 11.1 Å². The molecule has 154 valence electrons. The molecule has 1 atom stereocenters. The van der Waals surface area contributed by atoms with E-state index in [4.69, 9.17) is 10.2 Å². The molecule has 5 aromatic rings. The van der Waals surface area contributed by atoms with Gasteiger partial charge in [0, 0.05) is 10.9 Å². The molecule has 31 heavy (non-hydrogen) atoms. The predicted octanol–water partition coefficient (Wildman–Crippen LogP) is 4.41. The van der Waals surface area contributed by atoms with Crippen molar-refractivity contribution in [1.82, 2.24) is 19.7 Å². The van der Waals surface area contributed by atoms with Crippen LogP contribution in [0, 0.1) is 13.8 Å². The van der Waals surface area contributed by atoms with Crippen molar-refractivity contribution in [2.75, 3.05) is 5.73 Å². The number of benzene rings is 2. The number of aromatic nitrogens is 4. The Morgan fingerprint density at radius 3 is 2.58 bits per heavy atom. The van der Waals surface area contributed by atoms with Crippen LogP contribution in [0.25, 0.3) is 32.9 Å². The van der Waals surface area contributed by atoms with Crippen molar-refractivity contribution in [1.29, 1.82) is 0 Å². The van der Waals surface area contributed by atoms with Crippen LogP contribution in [-0.4, -0.2) is 19.7 Å². The quantitative estimate of drug-likeness (QED) is 0.472. The fraction of sp³-hybridized carbons (Fsp3) is 0.167. The van der Waals surface area contributed by atoms with E-state index in [9.17, 15) is 4.79 Å². The molecule has 5 rings (SSSR count). The van der Waals surface area contributed by atoms with Crippen LogP contribution < -0.4 is 11.4 Å². The van der Waals surface area contributed by atoms with Crippen LogP contribution in [0.1, 0.15) is 30.0 Å². The fourth-order valence-corrected chi connectivity index (χ4v) is 4.13. The number of nitrogens with zero attached hydrogens (tertiary/aromatic N) is 4. The second kappa shape index (κ2) is 7.05. The molecule has 0 saturated carbocycles. The normalized spacial score (nSPS) is 12.5. The van der Waals surface area contributed by atoms with Gasteiger partial charge >= 0.3 is 5.63 Å². The summed E-state index contributed by atoms with van der Waals surface area (Å²) >= 11 is 0. The molecule has 0 aliphatic rings. The summed E-state index contributed by atoms with van der Waals surface area (Å²) in [6.07, 6.45) is 1.42. The zero-order chi connectivity index (χ0) is 21.7. The Balaban J connectivity index is 1.84. The molecule has 0 saturated heterocycles. The second-order valence-electron chi connectivity index (χ2n) is 7.71. The van der Waals surface area contributed by atoms with Gasteiger partial charge in [-0.2, -0.15) is 5.10 Å². The first-order chi connectivity index (χ1) is 15.0. The minimum Gasteiger partial charge on any atom is -0.424 e. The van der Waals surface area contributed by atoms with Gasteiger partial charge in [-0.3, -0.25) is 0 Å². The topological polar surface area (TPSA) is 99.8 Å². The van der Waals surface area contributed by atoms with Crippen molar-refractivity contribution in [2.45, 2.75) is 26.8 Å². The van der Waals surface area contributed by atoms with E-state index in [2.05, 4.69) is 15.1 Å². The van der Waals surface area contributed by atoms with Crippen molar-refractivity contribution < 1.29 is 4.42 Å². The summed E-state index contributed by atoms with van der Waals surface area (Å²) < 4.78 is 7.69. The lowest BCUT2D eigenvalue weighted by molar-refractivity contribution is 0.404. The minimum absolute atomic E-state index is 0.373. The highest BCUT2D eigenvalue weighted by Gasteiger charge is 2.25. The van der Waals surface area contributed by atoms with Crippen LogP contribution in [0.5, 0.6) is 0 Å². The first kappa shape index (κ1) is 19.0. The molecular formula is C24H21N5O2. The smallest absolute Gasteiger partial charge is 0.343 e. The first-order valence-electron chi connectivity index (χ1n) is 10.0. The molecule has 7 nitrogen and oxygen atoms in total. The molecule has 2 aromatic carbocycles. The average Bonchev–Trinajstić information content (AvgIpc) is 3.12. The summed E-state index contributed by atoms with van der Waals surface area (Å²) in [5, 5.41) is 6.76. The lowest BCUT2D eigenvalue weighted by atomic mass is 9.95. The summed E-state index contributed by atoms with van der Waals surface area (Å²) in [7, 11) is 0. The molecule has 7 heteroatoms. The third-order valence-corrected chi connectivity index (χ3v) is 5.62. The minimum atomic E-state index is -0.404. The number of hydrogen-bond donors (Lipinski definition) is 1. The lowest BCUT2D eigenvalue weighted by Gasteiger charge is -2.18. The molecule has 0 spiro atoms. The van der Waals surface area contributed by atoms with E-state index in [-0.39, 0.29) is 5.63 Å². The Morgan fingerprint density at radius 2 is 1.81 bits per heavy atom. The van der Waals surface area contributed by atoms with Gasteiger partial charge in [0.15, 0.2) is 5.65 Å². The Kier molecular flexibility index (Phi) is 4.32. The van der Waals surface area contributed by atoms with E-state index in [1.807, 2.05) is 69.3 Å². The molecule has 1 unspecified atom stereocenters. The maximum atomic E-state index is 13.0. The highest BCUT2D eigenvalue weighted by molar-refractivity contribution is 5.97. The molecular weight excluding hydrogens is 390 g/mol. The highest BCUT2D eigenvalue weighted by atomic mass is 16.4. The molecule has 3 heterocycles. The summed E-state index contributed by atoms with van der Waals surface area (Å²) in [5.74, 6) is 0.897. The van der Waals surface area contributed by atoms with Gasteiger partial charge in [0.05, 0.1) is 16.5 Å². The van der Waals surface area contributed by atoms with Gasteiger partial charge < -0.3 is 10.2 Å². The number of fused-ring (bicyclic) bond motifs is 2. The maximum absolute atomic E-state index is 13.0. The Bertz CT molecular complexity index is 1500. The second-order valence-corrected chi connectivity index (χ2v) is 7.71. The van der Waals surface area contributed by atoms with E-state index in [1.165, 1.54) is 6.33 Å². The maximum Gasteiger partial charge on any atom is 0.343 e.